The fourth-order valence-electron chi connectivity index (χ4n) is 5.87. The van der Waals surface area contributed by atoms with Gasteiger partial charge in [-0.25, -0.2) is 0 Å². The van der Waals surface area contributed by atoms with E-state index in [1.54, 1.807) is 7.11 Å². The number of hydrogen-bond donors (Lipinski definition) is 0. The number of methoxy groups -OCH3 is 1. The van der Waals surface area contributed by atoms with Crippen molar-refractivity contribution < 1.29 is 4.74 Å². The zero-order valence-electron chi connectivity index (χ0n) is 29.7. The second-order valence-corrected chi connectivity index (χ2v) is 13.0. The highest BCUT2D eigenvalue weighted by Gasteiger charge is 2.12. The van der Waals surface area contributed by atoms with Crippen LogP contribution in [0.1, 0.15) is 46.1 Å². The second-order valence-electron chi connectivity index (χ2n) is 13.0. The van der Waals surface area contributed by atoms with E-state index < -0.39 is 0 Å². The maximum atomic E-state index is 5.58. The Morgan fingerprint density at radius 3 is 1.26 bits per heavy atom. The number of nitrogens with zero attached hydrogens (tertiary/aromatic N) is 2. The molecule has 0 fully saturated rings. The molecule has 3 nitrogen and oxygen atoms in total. The third-order valence-corrected chi connectivity index (χ3v) is 9.18. The van der Waals surface area contributed by atoms with E-state index in [9.17, 15) is 0 Å². The van der Waals surface area contributed by atoms with Gasteiger partial charge in [-0.05, 0) is 144 Å². The van der Waals surface area contributed by atoms with Gasteiger partial charge in [0.1, 0.15) is 0 Å². The molecule has 0 bridgehead atoms. The Morgan fingerprint density at radius 1 is 0.480 bits per heavy atom. The Morgan fingerprint density at radius 2 is 0.860 bits per heavy atom. The highest BCUT2D eigenvalue weighted by molar-refractivity contribution is 5.85. The minimum Gasteiger partial charge on any atom is -0.501 e. The van der Waals surface area contributed by atoms with Crippen LogP contribution in [0.4, 0.5) is 0 Å². The van der Waals surface area contributed by atoms with Gasteiger partial charge < -0.3 is 4.74 Å². The molecule has 0 radical (unpaired) electrons. The van der Waals surface area contributed by atoms with Crippen molar-refractivity contribution in [3.63, 3.8) is 0 Å². The summed E-state index contributed by atoms with van der Waals surface area (Å²) < 4.78 is 5.58. The first-order valence-electron chi connectivity index (χ1n) is 17.2. The Labute approximate surface area is 297 Å². The van der Waals surface area contributed by atoms with E-state index in [2.05, 4.69) is 153 Å². The fourth-order valence-corrected chi connectivity index (χ4v) is 5.87. The highest BCUT2D eigenvalue weighted by atomic mass is 16.5. The summed E-state index contributed by atoms with van der Waals surface area (Å²) in [6.07, 6.45) is 13.9. The van der Waals surface area contributed by atoms with Crippen LogP contribution in [0.2, 0.25) is 0 Å². The van der Waals surface area contributed by atoms with Crippen molar-refractivity contribution in [2.24, 2.45) is 0 Å². The molecule has 0 atom stereocenters. The smallest absolute Gasteiger partial charge is 0.0964 e. The van der Waals surface area contributed by atoms with Crippen LogP contribution >= 0.6 is 0 Å². The van der Waals surface area contributed by atoms with Gasteiger partial charge in [0.05, 0.1) is 12.9 Å². The van der Waals surface area contributed by atoms with Gasteiger partial charge >= 0.3 is 0 Å². The first kappa shape index (κ1) is 34.1. The Balaban J connectivity index is 0.000000664. The first-order chi connectivity index (χ1) is 24.4. The zero-order valence-corrected chi connectivity index (χ0v) is 29.7. The summed E-state index contributed by atoms with van der Waals surface area (Å²) in [6, 6.07) is 41.4. The molecule has 4 aromatic carbocycles. The van der Waals surface area contributed by atoms with Crippen molar-refractivity contribution in [1.29, 1.82) is 0 Å². The minimum atomic E-state index is 0.946. The SMILES string of the molecule is CC(C)=C(C)C.COC1=CC(c2cccc(-c3cc(-c4cccc(-c5cccnc5)c4)cc(-c4cccc(-c5cccnc5)c4)c3)c2)=CCC1. The van der Waals surface area contributed by atoms with Crippen LogP contribution in [0.3, 0.4) is 0 Å². The molecule has 3 heteroatoms. The van der Waals surface area contributed by atoms with Crippen LogP contribution in [0.5, 0.6) is 0 Å². The normalized spacial score (nSPS) is 12.2. The quantitative estimate of drug-likeness (QED) is 0.161. The van der Waals surface area contributed by atoms with Crippen molar-refractivity contribution in [3.05, 3.63) is 175 Å². The summed E-state index contributed by atoms with van der Waals surface area (Å²) in [5, 5.41) is 0. The maximum Gasteiger partial charge on any atom is 0.0964 e. The lowest BCUT2D eigenvalue weighted by molar-refractivity contribution is 0.277. The molecular formula is C47H44N2O. The summed E-state index contributed by atoms with van der Waals surface area (Å²) in [5.74, 6) is 1.03. The van der Waals surface area contributed by atoms with E-state index in [1.807, 2.05) is 36.9 Å². The van der Waals surface area contributed by atoms with Crippen molar-refractivity contribution in [1.82, 2.24) is 9.97 Å². The number of ether oxygens (including phenoxy) is 1. The molecule has 0 saturated carbocycles. The van der Waals surface area contributed by atoms with E-state index in [1.165, 1.54) is 44.5 Å². The molecule has 2 aromatic heterocycles. The molecule has 7 rings (SSSR count). The molecule has 248 valence electrons. The number of rotatable bonds is 7. The van der Waals surface area contributed by atoms with Crippen LogP contribution in [0, 0.1) is 0 Å². The van der Waals surface area contributed by atoms with Gasteiger partial charge in [-0.3, -0.25) is 9.97 Å². The van der Waals surface area contributed by atoms with Crippen LogP contribution in [0.15, 0.2) is 169 Å². The summed E-state index contributed by atoms with van der Waals surface area (Å²) >= 11 is 0. The number of aromatic nitrogens is 2. The largest absolute Gasteiger partial charge is 0.501 e. The summed E-state index contributed by atoms with van der Waals surface area (Å²) in [4.78, 5) is 8.68. The van der Waals surface area contributed by atoms with E-state index in [0.717, 1.165) is 52.0 Å². The highest BCUT2D eigenvalue weighted by Crippen LogP contribution is 2.37. The number of hydrogen-bond acceptors (Lipinski definition) is 3. The topological polar surface area (TPSA) is 35.0 Å². The molecule has 50 heavy (non-hydrogen) atoms. The minimum absolute atomic E-state index is 0.946. The molecule has 0 spiro atoms. The van der Waals surface area contributed by atoms with Crippen molar-refractivity contribution in [3.8, 4) is 55.6 Å². The predicted octanol–water partition coefficient (Wildman–Crippen LogP) is 12.9. The van der Waals surface area contributed by atoms with Gasteiger partial charge in [0.15, 0.2) is 0 Å². The van der Waals surface area contributed by atoms with E-state index in [-0.39, 0.29) is 0 Å². The van der Waals surface area contributed by atoms with Crippen LogP contribution < -0.4 is 0 Å². The number of allylic oxidation sites excluding steroid dienone is 6. The van der Waals surface area contributed by atoms with E-state index in [4.69, 9.17) is 4.74 Å². The predicted molar refractivity (Wildman–Crippen MR) is 211 cm³/mol. The zero-order chi connectivity index (χ0) is 34.9. The monoisotopic (exact) mass is 652 g/mol. The number of benzene rings is 4. The van der Waals surface area contributed by atoms with Crippen molar-refractivity contribution >= 4 is 5.57 Å². The lowest BCUT2D eigenvalue weighted by Gasteiger charge is -2.15. The van der Waals surface area contributed by atoms with E-state index >= 15 is 0 Å². The fraction of sp³-hybridized carbons (Fsp3) is 0.149. The molecule has 0 amide bonds. The molecule has 1 aliphatic rings. The average molecular weight is 653 g/mol. The molecule has 2 heterocycles. The van der Waals surface area contributed by atoms with Crippen LogP contribution in [-0.4, -0.2) is 17.1 Å². The Kier molecular flexibility index (Phi) is 10.9. The second kappa shape index (κ2) is 16.1. The lowest BCUT2D eigenvalue weighted by atomic mass is 9.90. The summed E-state index contributed by atoms with van der Waals surface area (Å²) in [6.45, 7) is 8.48. The van der Waals surface area contributed by atoms with Crippen molar-refractivity contribution in [2.75, 3.05) is 7.11 Å². The van der Waals surface area contributed by atoms with Gasteiger partial charge in [0.25, 0.3) is 0 Å². The Hall–Kier alpha value is -5.80. The molecule has 1 aliphatic carbocycles. The average Bonchev–Trinajstić information content (AvgIpc) is 3.19. The lowest BCUT2D eigenvalue weighted by Crippen LogP contribution is -1.95. The van der Waals surface area contributed by atoms with Gasteiger partial charge in [-0.1, -0.05) is 84.0 Å². The molecule has 0 N–H and O–H groups in total. The van der Waals surface area contributed by atoms with Crippen molar-refractivity contribution in [2.45, 2.75) is 40.5 Å². The maximum absolute atomic E-state index is 5.58. The Bertz CT molecular complexity index is 2060. The third kappa shape index (κ3) is 8.43. The summed E-state index contributed by atoms with van der Waals surface area (Å²) in [7, 11) is 1.75. The standard InChI is InChI=1S/C41H32N2O.C6H12/c1-44-41-17-5-14-35(26-41)29-8-2-11-32(20-29)38-23-39(33-12-3-9-30(21-33)36-15-6-18-42-27-36)25-40(24-38)34-13-4-10-31(22-34)37-16-7-19-43-28-37;1-5(2)6(3)4/h2-4,6-16,18-28H,5,17H2,1H3;1-4H3. The van der Waals surface area contributed by atoms with Crippen LogP contribution in [0.25, 0.3) is 61.2 Å². The first-order valence-corrected chi connectivity index (χ1v) is 17.2. The third-order valence-electron chi connectivity index (χ3n) is 9.18. The van der Waals surface area contributed by atoms with Crippen LogP contribution in [-0.2, 0) is 4.74 Å². The van der Waals surface area contributed by atoms with Gasteiger partial charge in [0, 0.05) is 42.3 Å². The number of pyridine rings is 2. The molecule has 0 saturated heterocycles. The van der Waals surface area contributed by atoms with Gasteiger partial charge in [-0.15, -0.1) is 0 Å². The molecular weight excluding hydrogens is 609 g/mol. The molecule has 6 aromatic rings. The molecule has 0 aliphatic heterocycles. The van der Waals surface area contributed by atoms with E-state index in [0.29, 0.717) is 0 Å². The van der Waals surface area contributed by atoms with Gasteiger partial charge in [0.2, 0.25) is 0 Å². The molecule has 0 unspecified atom stereocenters. The van der Waals surface area contributed by atoms with Gasteiger partial charge in [-0.2, -0.15) is 0 Å². The summed E-state index contributed by atoms with van der Waals surface area (Å²) in [5.41, 5.74) is 16.8.